The standard InChI is InChI=1S/2C13H15.C2H6Si.2ClH.Zr/c2*1-2-3-6-11-9-10-12-7-4-5-8-13(11)12;1-3-2;;;/h2*2,4-5,7-11H,3,6H2,1H3;1-2H3;2*1H;/q2*-1;;;;+4/p-2. The van der Waals surface area contributed by atoms with Gasteiger partial charge in [0.15, 0.2) is 0 Å². The molecule has 0 saturated heterocycles. The van der Waals surface area contributed by atoms with Gasteiger partial charge in [-0.25, -0.2) is 0 Å². The van der Waals surface area contributed by atoms with Crippen molar-refractivity contribution in [3.8, 4) is 0 Å². The molecule has 2 aromatic rings. The Labute approximate surface area is 218 Å². The van der Waals surface area contributed by atoms with E-state index in [1.807, 2.05) is 0 Å². The maximum atomic E-state index is 4.93. The molecule has 0 aliphatic heterocycles. The molecule has 2 aliphatic carbocycles. The van der Waals surface area contributed by atoms with Crippen molar-refractivity contribution in [2.24, 2.45) is 0 Å². The maximum absolute atomic E-state index is 4.93. The molecule has 4 rings (SSSR count). The Morgan fingerprint density at radius 2 is 1.09 bits per heavy atom. The second-order valence-electron chi connectivity index (χ2n) is 7.73. The number of benzene rings is 2. The number of hydrogen-bond donors (Lipinski definition) is 0. The molecule has 2 unspecified atom stereocenters. The number of fused-ring (bicyclic) bond motifs is 2. The van der Waals surface area contributed by atoms with E-state index >= 15 is 0 Å². The molecule has 0 spiro atoms. The number of allylic oxidation sites excluding steroid dienone is 2. The summed E-state index contributed by atoms with van der Waals surface area (Å²) in [6.45, 7) is 8.56. The zero-order chi connectivity index (χ0) is 23.6. The van der Waals surface area contributed by atoms with Gasteiger partial charge in [-0.2, -0.15) is 26.7 Å². The summed E-state index contributed by atoms with van der Waals surface area (Å²) in [5.74, 6) is 1.32. The van der Waals surface area contributed by atoms with E-state index in [4.69, 9.17) is 17.0 Å². The summed E-state index contributed by atoms with van der Waals surface area (Å²) >= 11 is -0.826. The SMILES string of the molecule is C[CH-]CCC1C=Cc2ccccc21.C[CH-]CCC1C=Cc2ccccc21.C[Si]C.[Cl][Zr+2][Cl]. The molecule has 0 bridgehead atoms. The Kier molecular flexibility index (Phi) is 17.6. The van der Waals surface area contributed by atoms with E-state index in [9.17, 15) is 0 Å². The molecule has 2 aromatic carbocycles. The van der Waals surface area contributed by atoms with Gasteiger partial charge in [0.25, 0.3) is 0 Å². The quantitative estimate of drug-likeness (QED) is 0.243. The Hall–Kier alpha value is -0.400. The fourth-order valence-corrected chi connectivity index (χ4v) is 3.84. The summed E-state index contributed by atoms with van der Waals surface area (Å²) in [4.78, 5) is 0. The van der Waals surface area contributed by atoms with E-state index in [1.165, 1.54) is 47.9 Å². The third kappa shape index (κ3) is 10.7. The molecule has 0 amide bonds. The van der Waals surface area contributed by atoms with Crippen LogP contribution in [0.2, 0.25) is 13.1 Å². The molecule has 0 heterocycles. The number of halogens is 2. The first-order valence-electron chi connectivity index (χ1n) is 11.3. The van der Waals surface area contributed by atoms with Crippen LogP contribution in [-0.4, -0.2) is 9.52 Å². The van der Waals surface area contributed by atoms with Crippen molar-refractivity contribution in [1.29, 1.82) is 0 Å². The normalized spacial score (nSPS) is 16.3. The second-order valence-corrected chi connectivity index (χ2v) is 12.5. The molecule has 4 heteroatoms. The van der Waals surface area contributed by atoms with Crippen LogP contribution in [0.3, 0.4) is 0 Å². The van der Waals surface area contributed by atoms with Gasteiger partial charge in [-0.3, -0.25) is 0 Å². The summed E-state index contributed by atoms with van der Waals surface area (Å²) in [5, 5.41) is 0. The molecule has 0 saturated carbocycles. The van der Waals surface area contributed by atoms with Crippen LogP contribution in [0.5, 0.6) is 0 Å². The zero-order valence-electron chi connectivity index (χ0n) is 19.8. The van der Waals surface area contributed by atoms with Gasteiger partial charge in [0.05, 0.1) is 0 Å². The molecular formula is C28H36Cl2SiZr. The van der Waals surface area contributed by atoms with Gasteiger partial charge in [-0.15, -0.1) is 0 Å². The van der Waals surface area contributed by atoms with Crippen LogP contribution < -0.4 is 0 Å². The van der Waals surface area contributed by atoms with E-state index in [0.717, 1.165) is 9.52 Å². The molecule has 32 heavy (non-hydrogen) atoms. The van der Waals surface area contributed by atoms with Crippen molar-refractivity contribution in [2.45, 2.75) is 64.5 Å². The molecule has 0 N–H and O–H groups in total. The van der Waals surface area contributed by atoms with Crippen LogP contribution in [0.4, 0.5) is 0 Å². The molecule has 0 fully saturated rings. The van der Waals surface area contributed by atoms with Crippen LogP contribution >= 0.6 is 17.0 Å². The molecule has 170 valence electrons. The summed E-state index contributed by atoms with van der Waals surface area (Å²) in [5.41, 5.74) is 5.82. The molecule has 2 aliphatic rings. The van der Waals surface area contributed by atoms with Crippen LogP contribution in [0, 0.1) is 12.8 Å². The minimum atomic E-state index is -0.826. The summed E-state index contributed by atoms with van der Waals surface area (Å²) in [6.07, 6.45) is 18.6. The van der Waals surface area contributed by atoms with Crippen molar-refractivity contribution < 1.29 is 20.8 Å². The van der Waals surface area contributed by atoms with Crippen molar-refractivity contribution in [3.05, 3.63) is 95.8 Å². The number of hydrogen-bond acceptors (Lipinski definition) is 0. The van der Waals surface area contributed by atoms with Gasteiger partial charge in [0.1, 0.15) is 0 Å². The Bertz CT molecular complexity index is 736. The zero-order valence-corrected chi connectivity index (χ0v) is 24.8. The van der Waals surface area contributed by atoms with Crippen molar-refractivity contribution >= 4 is 38.7 Å². The van der Waals surface area contributed by atoms with Crippen LogP contribution in [0.1, 0.15) is 73.6 Å². The first-order chi connectivity index (χ1) is 15.7. The Balaban J connectivity index is 0.000000258. The average Bonchev–Trinajstić information content (AvgIpc) is 3.42. The minimum absolute atomic E-state index is 0.660. The van der Waals surface area contributed by atoms with Crippen LogP contribution in [0.15, 0.2) is 60.7 Å². The predicted molar refractivity (Wildman–Crippen MR) is 144 cm³/mol. The third-order valence-corrected chi connectivity index (χ3v) is 5.34. The van der Waals surface area contributed by atoms with Gasteiger partial charge in [0, 0.05) is 21.4 Å². The second kappa shape index (κ2) is 19.0. The fraction of sp³-hybridized carbons (Fsp3) is 0.357. The van der Waals surface area contributed by atoms with E-state index in [-0.39, 0.29) is 0 Å². The van der Waals surface area contributed by atoms with E-state index in [1.54, 1.807) is 0 Å². The summed E-state index contributed by atoms with van der Waals surface area (Å²) in [7, 11) is 11.0. The van der Waals surface area contributed by atoms with E-state index < -0.39 is 20.8 Å². The number of rotatable bonds is 6. The average molecular weight is 563 g/mol. The third-order valence-electron chi connectivity index (χ3n) is 5.34. The monoisotopic (exact) mass is 560 g/mol. The van der Waals surface area contributed by atoms with Gasteiger partial charge >= 0.3 is 37.9 Å². The Morgan fingerprint density at radius 3 is 1.44 bits per heavy atom. The molecule has 0 aromatic heterocycles. The van der Waals surface area contributed by atoms with Gasteiger partial charge in [-0.1, -0.05) is 98.8 Å². The Morgan fingerprint density at radius 1 is 0.750 bits per heavy atom. The number of unbranched alkanes of at least 4 members (excludes halogenated alkanes) is 2. The topological polar surface area (TPSA) is 0 Å². The van der Waals surface area contributed by atoms with E-state index in [2.05, 4.69) is 113 Å². The molecule has 2 atom stereocenters. The van der Waals surface area contributed by atoms with Gasteiger partial charge in [-0.05, 0) is 22.3 Å². The molecule has 0 nitrogen and oxygen atoms in total. The predicted octanol–water partition coefficient (Wildman–Crippen LogP) is 9.77. The van der Waals surface area contributed by atoms with Gasteiger partial charge < -0.3 is 12.8 Å². The van der Waals surface area contributed by atoms with E-state index in [0.29, 0.717) is 11.8 Å². The van der Waals surface area contributed by atoms with Gasteiger partial charge in [0.2, 0.25) is 0 Å². The first-order valence-corrected chi connectivity index (χ1v) is 19.6. The van der Waals surface area contributed by atoms with Crippen molar-refractivity contribution in [3.63, 3.8) is 0 Å². The van der Waals surface area contributed by atoms with Crippen molar-refractivity contribution in [2.75, 3.05) is 0 Å². The van der Waals surface area contributed by atoms with Crippen molar-refractivity contribution in [1.82, 2.24) is 0 Å². The first kappa shape index (κ1) is 29.6. The summed E-state index contributed by atoms with van der Waals surface area (Å²) < 4.78 is 0. The summed E-state index contributed by atoms with van der Waals surface area (Å²) in [6, 6.07) is 17.4. The molecular weight excluding hydrogens is 527 g/mol. The molecule has 2 radical (unpaired) electrons. The fourth-order valence-electron chi connectivity index (χ4n) is 3.84. The van der Waals surface area contributed by atoms with Crippen LogP contribution in [0.25, 0.3) is 12.2 Å². The van der Waals surface area contributed by atoms with Crippen LogP contribution in [-0.2, 0) is 20.8 Å².